The molecule has 7 rings (SSSR count). The van der Waals surface area contributed by atoms with E-state index in [0.29, 0.717) is 16.5 Å². The van der Waals surface area contributed by atoms with Crippen molar-refractivity contribution in [3.05, 3.63) is 132 Å². The van der Waals surface area contributed by atoms with Crippen LogP contribution in [0.3, 0.4) is 0 Å². The van der Waals surface area contributed by atoms with Crippen molar-refractivity contribution in [1.29, 1.82) is 0 Å². The van der Waals surface area contributed by atoms with Crippen molar-refractivity contribution in [2.45, 2.75) is 167 Å². The fraction of sp³-hybridized carbons (Fsp3) is 0.446. The number of carbonyl (C=O) groups excluding carboxylic acids is 2. The number of aliphatic hydroxyl groups excluding tert-OH is 2. The largest absolute Gasteiger partial charge is 0.512 e. The number of aromatic nitrogens is 2. The number of allylic oxidation sites excluding steroid dienone is 4. The van der Waals surface area contributed by atoms with Gasteiger partial charge in [-0.2, -0.15) is 13.2 Å². The van der Waals surface area contributed by atoms with Crippen molar-refractivity contribution >= 4 is 64.6 Å². The molecular formula is C65H79F3N2O4Pt2S-2. The molecule has 3 heterocycles. The Kier molecular flexibility index (Phi) is 23.5. The minimum atomic E-state index is -4.41. The number of pyridine rings is 2. The Balaban J connectivity index is 0.000000363. The first-order valence-electron chi connectivity index (χ1n) is 26.7. The van der Waals surface area contributed by atoms with E-state index in [1.165, 1.54) is 29.8 Å². The van der Waals surface area contributed by atoms with Gasteiger partial charge in [-0.05, 0) is 107 Å². The SMILES string of the molecule is CC(C)(C)c1ccc2cnc(-c3[c-]ccc4c3sc3c(-c5cc6cc(C(F)(F)F)ccc6cn5)[c-]ccc34)cc2c1.CCC(C)(CC)C(=O)/C=C(\O)C(C)(CC)CC.CCC(C)(CC)C(=O)/C=C(\O)C(C)(CC)CC.[Pt].[Pt]. The van der Waals surface area contributed by atoms with E-state index >= 15 is 0 Å². The van der Waals surface area contributed by atoms with E-state index < -0.39 is 11.7 Å². The maximum absolute atomic E-state index is 13.4. The molecule has 6 nitrogen and oxygen atoms in total. The molecule has 0 bridgehead atoms. The molecular weight excluding hydrogens is 1350 g/mol. The normalized spacial score (nSPS) is 12.9. The van der Waals surface area contributed by atoms with Crippen LogP contribution in [0.4, 0.5) is 13.2 Å². The molecule has 0 aliphatic heterocycles. The average Bonchev–Trinajstić information content (AvgIpc) is 3.80. The van der Waals surface area contributed by atoms with Gasteiger partial charge < -0.3 is 20.2 Å². The molecule has 0 saturated heterocycles. The Morgan fingerprint density at radius 1 is 0.506 bits per heavy atom. The number of ketones is 2. The molecule has 0 aliphatic carbocycles. The Morgan fingerprint density at radius 2 is 0.844 bits per heavy atom. The molecule has 0 atom stereocenters. The summed E-state index contributed by atoms with van der Waals surface area (Å²) in [5, 5.41) is 25.7. The molecule has 12 heteroatoms. The zero-order chi connectivity index (χ0) is 55.9. The fourth-order valence-corrected chi connectivity index (χ4v) is 9.96. The molecule has 0 unspecified atom stereocenters. The van der Waals surface area contributed by atoms with E-state index in [1.54, 1.807) is 23.6 Å². The van der Waals surface area contributed by atoms with Crippen molar-refractivity contribution in [3.63, 3.8) is 0 Å². The summed E-state index contributed by atoms with van der Waals surface area (Å²) in [5.41, 5.74) is 2.51. The van der Waals surface area contributed by atoms with E-state index in [0.717, 1.165) is 105 Å². The van der Waals surface area contributed by atoms with Crippen LogP contribution < -0.4 is 0 Å². The first-order valence-corrected chi connectivity index (χ1v) is 27.5. The number of rotatable bonds is 16. The van der Waals surface area contributed by atoms with Crippen LogP contribution in [0.2, 0.25) is 0 Å². The molecule has 2 N–H and O–H groups in total. The predicted octanol–water partition coefficient (Wildman–Crippen LogP) is 19.7. The standard InChI is InChI=1S/C35H23F3N2S.2C15H28O2.2Pt/c1-34(2,3)24-12-10-20-18-39-30(16-22(20)14-24)28-8-4-6-26-27-7-5-9-29(33(27)41-32(26)28)31-17-23-15-25(35(36,37)38)13-11-21(23)19-40-31;2*1-7-14(5,8-2)12(16)11-13(17)15(6,9-3)10-4;;/h4-7,10-19H,1-3H3;2*11,16H,7-10H2,1-6H3;;/q-2;;;;/b;2*12-11-;;. The van der Waals surface area contributed by atoms with E-state index in [1.807, 2.05) is 114 Å². The van der Waals surface area contributed by atoms with Crippen LogP contribution in [0.25, 0.3) is 64.2 Å². The van der Waals surface area contributed by atoms with Crippen molar-refractivity contribution < 1.29 is 75.1 Å². The quantitative estimate of drug-likeness (QED) is 0.0568. The van der Waals surface area contributed by atoms with E-state index in [-0.39, 0.29) is 92.3 Å². The van der Waals surface area contributed by atoms with Gasteiger partial charge >= 0.3 is 6.18 Å². The molecule has 77 heavy (non-hydrogen) atoms. The predicted molar refractivity (Wildman–Crippen MR) is 308 cm³/mol. The number of carbonyl (C=O) groups is 2. The molecule has 0 spiro atoms. The summed E-state index contributed by atoms with van der Waals surface area (Å²) in [4.78, 5) is 33.8. The zero-order valence-electron chi connectivity index (χ0n) is 47.7. The van der Waals surface area contributed by atoms with E-state index in [9.17, 15) is 33.0 Å². The van der Waals surface area contributed by atoms with E-state index in [2.05, 4.69) is 62.2 Å². The number of nitrogens with zero attached hydrogens (tertiary/aromatic N) is 2. The van der Waals surface area contributed by atoms with Gasteiger partial charge in [0.15, 0.2) is 11.6 Å². The second-order valence-corrected chi connectivity index (χ2v) is 23.2. The summed E-state index contributed by atoms with van der Waals surface area (Å²) in [5.74, 6) is 0.572. The number of thiophene rings is 1. The van der Waals surface area contributed by atoms with Crippen molar-refractivity contribution in [3.8, 4) is 22.5 Å². The second kappa shape index (κ2) is 27.1. The number of halogens is 3. The third-order valence-corrected chi connectivity index (χ3v) is 18.0. The molecule has 0 saturated carbocycles. The van der Waals surface area contributed by atoms with Gasteiger partial charge in [-0.25, -0.2) is 11.3 Å². The summed E-state index contributed by atoms with van der Waals surface area (Å²) in [6.07, 6.45) is 8.63. The van der Waals surface area contributed by atoms with Gasteiger partial charge in [0.25, 0.3) is 0 Å². The number of hydrogen-bond acceptors (Lipinski definition) is 7. The van der Waals surface area contributed by atoms with Gasteiger partial charge in [0.2, 0.25) is 0 Å². The number of alkyl halides is 3. The van der Waals surface area contributed by atoms with Crippen LogP contribution >= 0.6 is 11.3 Å². The summed E-state index contributed by atoms with van der Waals surface area (Å²) >= 11 is 1.61. The number of aliphatic hydroxyl groups is 2. The summed E-state index contributed by atoms with van der Waals surface area (Å²) in [6.45, 7) is 30.8. The van der Waals surface area contributed by atoms with Crippen molar-refractivity contribution in [2.24, 2.45) is 21.7 Å². The minimum Gasteiger partial charge on any atom is -0.512 e. The number of hydrogen-bond donors (Lipinski definition) is 2. The van der Waals surface area contributed by atoms with Crippen LogP contribution in [-0.4, -0.2) is 31.7 Å². The third-order valence-electron chi connectivity index (χ3n) is 16.7. The second-order valence-electron chi connectivity index (χ2n) is 22.2. The van der Waals surface area contributed by atoms with Crippen LogP contribution in [0.5, 0.6) is 0 Å². The average molecular weight is 1430 g/mol. The van der Waals surface area contributed by atoms with Gasteiger partial charge in [0.1, 0.15) is 11.5 Å². The molecule has 3 aromatic heterocycles. The van der Waals surface area contributed by atoms with Crippen LogP contribution in [0, 0.1) is 33.8 Å². The van der Waals surface area contributed by atoms with Gasteiger partial charge in [0, 0.05) is 88.3 Å². The maximum Gasteiger partial charge on any atom is 0.416 e. The molecule has 4 aromatic carbocycles. The number of benzene rings is 4. The van der Waals surface area contributed by atoms with Crippen molar-refractivity contribution in [1.82, 2.24) is 9.97 Å². The van der Waals surface area contributed by atoms with Gasteiger partial charge in [-0.1, -0.05) is 150 Å². The van der Waals surface area contributed by atoms with E-state index in [4.69, 9.17) is 4.98 Å². The summed E-state index contributed by atoms with van der Waals surface area (Å²) in [7, 11) is 0. The van der Waals surface area contributed by atoms with Gasteiger partial charge in [-0.3, -0.25) is 9.59 Å². The van der Waals surface area contributed by atoms with Crippen LogP contribution in [0.15, 0.2) is 109 Å². The Hall–Kier alpha value is -4.49. The topological polar surface area (TPSA) is 100 Å². The zero-order valence-corrected chi connectivity index (χ0v) is 53.0. The summed E-state index contributed by atoms with van der Waals surface area (Å²) in [6, 6.07) is 28.6. The molecule has 0 amide bonds. The third kappa shape index (κ3) is 15.0. The first-order chi connectivity index (χ1) is 35.1. The van der Waals surface area contributed by atoms with Crippen molar-refractivity contribution in [2.75, 3.05) is 0 Å². The molecule has 422 valence electrons. The van der Waals surface area contributed by atoms with Crippen LogP contribution in [0.1, 0.15) is 166 Å². The first kappa shape index (κ1) is 66.8. The minimum absolute atomic E-state index is 0. The molecule has 0 radical (unpaired) electrons. The molecule has 0 fully saturated rings. The smallest absolute Gasteiger partial charge is 0.416 e. The maximum atomic E-state index is 13.4. The Bertz CT molecular complexity index is 3000. The van der Waals surface area contributed by atoms with Crippen LogP contribution in [-0.2, 0) is 63.3 Å². The molecule has 0 aliphatic rings. The Morgan fingerprint density at radius 3 is 1.17 bits per heavy atom. The molecule has 7 aromatic rings. The Labute approximate surface area is 489 Å². The van der Waals surface area contributed by atoms with Gasteiger partial charge in [0.05, 0.1) is 5.56 Å². The number of fused-ring (bicyclic) bond motifs is 5. The fourth-order valence-electron chi connectivity index (χ4n) is 8.65. The monoisotopic (exact) mass is 1430 g/mol. The summed E-state index contributed by atoms with van der Waals surface area (Å²) < 4.78 is 42.1. The van der Waals surface area contributed by atoms with Gasteiger partial charge in [-0.15, -0.1) is 58.3 Å².